The van der Waals surface area contributed by atoms with Crippen molar-refractivity contribution < 1.29 is 36.4 Å². The third-order valence-corrected chi connectivity index (χ3v) is 3.80. The van der Waals surface area contributed by atoms with Gasteiger partial charge in [-0.05, 0) is 24.3 Å². The van der Waals surface area contributed by atoms with Gasteiger partial charge in [0.25, 0.3) is 11.6 Å². The normalized spacial score (nSPS) is 11.4. The Morgan fingerprint density at radius 3 is 2.48 bits per heavy atom. The van der Waals surface area contributed by atoms with E-state index in [1.54, 1.807) is 0 Å². The average molecular weight is 442 g/mol. The number of amides is 1. The summed E-state index contributed by atoms with van der Waals surface area (Å²) >= 11 is 0. The summed E-state index contributed by atoms with van der Waals surface area (Å²) in [6.45, 7) is -2.97. The quantitative estimate of drug-likeness (QED) is 0.319. The van der Waals surface area contributed by atoms with Crippen LogP contribution >= 0.6 is 0 Å². The Balaban J connectivity index is 1.87. The second-order valence-electron chi connectivity index (χ2n) is 6.01. The number of carbonyl (C=O) groups is 1. The van der Waals surface area contributed by atoms with Crippen molar-refractivity contribution in [3.05, 3.63) is 76.1 Å². The fraction of sp³-hybridized carbons (Fsp3) is 0.111. The van der Waals surface area contributed by atoms with Crippen molar-refractivity contribution in [2.45, 2.75) is 12.7 Å². The minimum atomic E-state index is -4.62. The molecule has 13 heteroatoms. The van der Waals surface area contributed by atoms with Crippen molar-refractivity contribution in [3.63, 3.8) is 0 Å². The Morgan fingerprint density at radius 1 is 1.13 bits per heavy atom. The molecule has 8 nitrogen and oxygen atoms in total. The Kier molecular flexibility index (Phi) is 5.86. The molecule has 1 N–H and O–H groups in total. The van der Waals surface area contributed by atoms with Gasteiger partial charge in [-0.3, -0.25) is 14.9 Å². The number of rotatable bonds is 6. The van der Waals surface area contributed by atoms with E-state index in [4.69, 9.17) is 4.74 Å². The predicted molar refractivity (Wildman–Crippen MR) is 96.0 cm³/mol. The van der Waals surface area contributed by atoms with Crippen LogP contribution in [0.25, 0.3) is 0 Å². The molecule has 3 aromatic rings. The van der Waals surface area contributed by atoms with Crippen LogP contribution in [0.1, 0.15) is 22.6 Å². The number of nitrogens with one attached hydrogen (secondary N) is 1. The molecule has 0 bridgehead atoms. The van der Waals surface area contributed by atoms with E-state index < -0.39 is 34.8 Å². The van der Waals surface area contributed by atoms with Crippen LogP contribution in [-0.2, 0) is 6.18 Å². The van der Waals surface area contributed by atoms with Gasteiger partial charge in [0.05, 0.1) is 22.2 Å². The molecule has 31 heavy (non-hydrogen) atoms. The fourth-order valence-electron chi connectivity index (χ4n) is 2.45. The van der Waals surface area contributed by atoms with Gasteiger partial charge in [-0.25, -0.2) is 4.68 Å². The minimum Gasteiger partial charge on any atom is -0.457 e. The van der Waals surface area contributed by atoms with Crippen LogP contribution in [0, 0.1) is 10.1 Å². The number of nitro benzene ring substituents is 1. The number of alkyl halides is 5. The molecular weight excluding hydrogens is 431 g/mol. The molecule has 0 radical (unpaired) electrons. The molecule has 0 aliphatic carbocycles. The van der Waals surface area contributed by atoms with Crippen molar-refractivity contribution in [1.29, 1.82) is 0 Å². The number of halogens is 5. The molecule has 0 spiro atoms. The number of nitro groups is 1. The summed E-state index contributed by atoms with van der Waals surface area (Å²) in [5.74, 6) is -1.42. The minimum absolute atomic E-state index is 0.159. The molecule has 0 saturated heterocycles. The lowest BCUT2D eigenvalue weighted by Gasteiger charge is -2.11. The monoisotopic (exact) mass is 442 g/mol. The third-order valence-electron chi connectivity index (χ3n) is 3.80. The van der Waals surface area contributed by atoms with Gasteiger partial charge in [0.1, 0.15) is 11.5 Å². The van der Waals surface area contributed by atoms with E-state index in [1.807, 2.05) is 0 Å². The lowest BCUT2D eigenvalue weighted by atomic mass is 10.2. The molecule has 0 aliphatic rings. The number of ether oxygens (including phenoxy) is 1. The first kappa shape index (κ1) is 21.7. The highest BCUT2D eigenvalue weighted by Gasteiger charge is 2.30. The van der Waals surface area contributed by atoms with Gasteiger partial charge in [-0.1, -0.05) is 6.07 Å². The maximum atomic E-state index is 12.9. The van der Waals surface area contributed by atoms with E-state index in [1.165, 1.54) is 6.07 Å². The number of non-ortho nitro benzene ring substituents is 1. The first-order valence-corrected chi connectivity index (χ1v) is 8.32. The number of benzene rings is 2. The first-order valence-electron chi connectivity index (χ1n) is 8.32. The van der Waals surface area contributed by atoms with Gasteiger partial charge in [-0.2, -0.15) is 27.1 Å². The Morgan fingerprint density at radius 2 is 1.87 bits per heavy atom. The molecule has 3 rings (SSSR count). The zero-order valence-corrected chi connectivity index (χ0v) is 15.1. The maximum Gasteiger partial charge on any atom is 0.416 e. The lowest BCUT2D eigenvalue weighted by molar-refractivity contribution is -0.384. The highest BCUT2D eigenvalue weighted by atomic mass is 19.4. The van der Waals surface area contributed by atoms with Crippen molar-refractivity contribution in [1.82, 2.24) is 9.78 Å². The number of anilines is 1. The van der Waals surface area contributed by atoms with Crippen molar-refractivity contribution in [2.24, 2.45) is 0 Å². The largest absolute Gasteiger partial charge is 0.457 e. The molecule has 1 heterocycles. The summed E-state index contributed by atoms with van der Waals surface area (Å²) in [6, 6.07) is 7.87. The predicted octanol–water partition coefficient (Wildman–Crippen LogP) is 5.25. The van der Waals surface area contributed by atoms with Crippen LogP contribution in [0.2, 0.25) is 0 Å². The van der Waals surface area contributed by atoms with Crippen molar-refractivity contribution in [2.75, 3.05) is 5.32 Å². The molecule has 0 saturated carbocycles. The Labute approximate surface area is 170 Å². The highest BCUT2D eigenvalue weighted by molar-refractivity contribution is 6.03. The van der Waals surface area contributed by atoms with Crippen molar-refractivity contribution in [3.8, 4) is 11.5 Å². The molecule has 0 aliphatic heterocycles. The Hall–Kier alpha value is -4.03. The summed E-state index contributed by atoms with van der Waals surface area (Å²) in [4.78, 5) is 22.5. The van der Waals surface area contributed by atoms with E-state index >= 15 is 0 Å². The molecular formula is C18H11F5N4O4. The number of hydrogen-bond acceptors (Lipinski definition) is 5. The first-order chi connectivity index (χ1) is 14.5. The zero-order valence-electron chi connectivity index (χ0n) is 15.1. The summed E-state index contributed by atoms with van der Waals surface area (Å²) in [6.07, 6.45) is -3.75. The van der Waals surface area contributed by atoms with Gasteiger partial charge in [-0.15, -0.1) is 0 Å². The molecule has 0 atom stereocenters. The topological polar surface area (TPSA) is 99.3 Å². The van der Waals surface area contributed by atoms with Gasteiger partial charge in [0.15, 0.2) is 5.69 Å². The summed E-state index contributed by atoms with van der Waals surface area (Å²) in [5.41, 5.74) is -2.06. The number of nitrogens with zero attached hydrogens (tertiary/aromatic N) is 3. The fourth-order valence-corrected chi connectivity index (χ4v) is 2.45. The SMILES string of the molecule is O=C(Nc1cc(Oc2cccc(C(F)(F)F)c2)cc([N+](=O)[O-])c1)c1ccn(C(F)F)n1. The third kappa shape index (κ3) is 5.32. The maximum absolute atomic E-state index is 12.9. The van der Waals surface area contributed by atoms with Gasteiger partial charge in [0, 0.05) is 18.3 Å². The molecule has 1 aromatic heterocycles. The molecule has 162 valence electrons. The van der Waals surface area contributed by atoms with E-state index in [9.17, 15) is 36.9 Å². The van der Waals surface area contributed by atoms with Crippen LogP contribution in [0.3, 0.4) is 0 Å². The zero-order chi connectivity index (χ0) is 22.8. The number of aromatic nitrogens is 2. The van der Waals surface area contributed by atoms with Crippen LogP contribution in [0.15, 0.2) is 54.7 Å². The summed E-state index contributed by atoms with van der Waals surface area (Å²) in [7, 11) is 0. The molecule has 2 aromatic carbocycles. The van der Waals surface area contributed by atoms with Gasteiger partial charge in [0.2, 0.25) is 0 Å². The van der Waals surface area contributed by atoms with E-state index in [-0.39, 0.29) is 27.6 Å². The van der Waals surface area contributed by atoms with E-state index in [2.05, 4.69) is 10.4 Å². The average Bonchev–Trinajstić information content (AvgIpc) is 3.18. The standard InChI is InChI=1S/C18H11F5N4O4/c19-17(20)26-5-4-15(25-26)16(28)24-11-7-12(27(29)30)9-14(8-11)31-13-3-1-2-10(6-13)18(21,22)23/h1-9,17H,(H,24,28). The smallest absolute Gasteiger partial charge is 0.416 e. The Bertz CT molecular complexity index is 1130. The van der Waals surface area contributed by atoms with E-state index in [0.717, 1.165) is 42.6 Å². The van der Waals surface area contributed by atoms with Crippen LogP contribution < -0.4 is 10.1 Å². The number of carbonyl (C=O) groups excluding carboxylic acids is 1. The lowest BCUT2D eigenvalue weighted by Crippen LogP contribution is -2.13. The van der Waals surface area contributed by atoms with Crippen molar-refractivity contribution >= 4 is 17.3 Å². The molecule has 0 fully saturated rings. The second-order valence-corrected chi connectivity index (χ2v) is 6.01. The van der Waals surface area contributed by atoms with Crippen LogP contribution in [0.5, 0.6) is 11.5 Å². The summed E-state index contributed by atoms with van der Waals surface area (Å²) in [5, 5.41) is 16.8. The van der Waals surface area contributed by atoms with Gasteiger partial charge >= 0.3 is 12.7 Å². The molecule has 1 amide bonds. The summed E-state index contributed by atoms with van der Waals surface area (Å²) < 4.78 is 69.2. The van der Waals surface area contributed by atoms with Gasteiger partial charge < -0.3 is 10.1 Å². The van der Waals surface area contributed by atoms with Crippen LogP contribution in [0.4, 0.5) is 33.3 Å². The molecule has 0 unspecified atom stereocenters. The van der Waals surface area contributed by atoms with E-state index in [0.29, 0.717) is 6.07 Å². The second kappa shape index (κ2) is 8.38. The van der Waals surface area contributed by atoms with Crippen LogP contribution in [-0.4, -0.2) is 20.6 Å². The highest BCUT2D eigenvalue weighted by Crippen LogP contribution is 2.34. The number of hydrogen-bond donors (Lipinski definition) is 1.